The Morgan fingerprint density at radius 1 is 0.373 bits per heavy atom. The van der Waals surface area contributed by atoms with Gasteiger partial charge in [-0.3, -0.25) is 0 Å². The molecule has 0 unspecified atom stereocenters. The molecule has 0 saturated heterocycles. The highest BCUT2D eigenvalue weighted by Crippen LogP contribution is 2.48. The van der Waals surface area contributed by atoms with Crippen LogP contribution in [0.3, 0.4) is 0 Å². The van der Waals surface area contributed by atoms with Crippen LogP contribution in [0.2, 0.25) is 0 Å². The van der Waals surface area contributed by atoms with E-state index >= 15 is 0 Å². The minimum Gasteiger partial charge on any atom is -0.454 e. The molecular formula is C56H48N2O. The molecule has 1 aliphatic rings. The summed E-state index contributed by atoms with van der Waals surface area (Å²) in [5.74, 6) is 0. The van der Waals surface area contributed by atoms with Gasteiger partial charge in [-0.05, 0) is 130 Å². The molecule has 9 aromatic rings. The lowest BCUT2D eigenvalue weighted by Crippen LogP contribution is -2.34. The van der Waals surface area contributed by atoms with Gasteiger partial charge >= 0.3 is 0 Å². The Labute approximate surface area is 347 Å². The number of fused-ring (bicyclic) bond motifs is 4. The predicted octanol–water partition coefficient (Wildman–Crippen LogP) is 16.2. The van der Waals surface area contributed by atoms with Gasteiger partial charge in [-0.1, -0.05) is 149 Å². The maximum absolute atomic E-state index is 6.49. The molecule has 1 aliphatic carbocycles. The molecule has 0 spiro atoms. The Morgan fingerprint density at radius 3 is 1.41 bits per heavy atom. The van der Waals surface area contributed by atoms with Crippen LogP contribution < -0.4 is 9.80 Å². The molecular weight excluding hydrogens is 717 g/mol. The molecule has 0 saturated carbocycles. The minimum atomic E-state index is 0.134. The van der Waals surface area contributed by atoms with Gasteiger partial charge in [0.25, 0.3) is 0 Å². The van der Waals surface area contributed by atoms with Crippen LogP contribution in [0.5, 0.6) is 0 Å². The van der Waals surface area contributed by atoms with Crippen molar-refractivity contribution in [2.45, 2.75) is 51.4 Å². The SMILES string of the molecule is CC1(C)CCC(C)(C)c2cc(N(c3ccccc3)c3ccc(-c4ccc(-c5ccc(N(c6ccccc6)c6cccc7c6oc6ccccc67)cc5)cc4)cc3)ccc21. The quantitative estimate of drug-likeness (QED) is 0.154. The molecule has 10 rings (SSSR count). The Bertz CT molecular complexity index is 2910. The number of rotatable bonds is 8. The molecule has 1 heterocycles. The fourth-order valence-electron chi connectivity index (χ4n) is 9.11. The van der Waals surface area contributed by atoms with Gasteiger partial charge in [0, 0.05) is 39.2 Å². The number of para-hydroxylation sites is 4. The molecule has 0 amide bonds. The zero-order valence-corrected chi connectivity index (χ0v) is 34.2. The minimum absolute atomic E-state index is 0.134. The summed E-state index contributed by atoms with van der Waals surface area (Å²) in [6.45, 7) is 9.58. The van der Waals surface area contributed by atoms with Gasteiger partial charge < -0.3 is 14.2 Å². The lowest BCUT2D eigenvalue weighted by atomic mass is 9.63. The van der Waals surface area contributed by atoms with E-state index in [-0.39, 0.29) is 10.8 Å². The van der Waals surface area contributed by atoms with Crippen molar-refractivity contribution >= 4 is 56.1 Å². The molecule has 0 radical (unpaired) electrons. The molecule has 0 atom stereocenters. The van der Waals surface area contributed by atoms with Crippen LogP contribution in [-0.2, 0) is 10.8 Å². The van der Waals surface area contributed by atoms with E-state index in [1.807, 2.05) is 12.1 Å². The van der Waals surface area contributed by atoms with Gasteiger partial charge in [0.2, 0.25) is 0 Å². The third-order valence-electron chi connectivity index (χ3n) is 12.6. The van der Waals surface area contributed by atoms with Crippen LogP contribution in [0.1, 0.15) is 51.7 Å². The van der Waals surface area contributed by atoms with E-state index in [1.165, 1.54) is 51.9 Å². The Hall–Kier alpha value is -6.84. The van der Waals surface area contributed by atoms with E-state index in [2.05, 4.69) is 219 Å². The monoisotopic (exact) mass is 764 g/mol. The standard InChI is InChI=1S/C56H48N2O/c1-55(2)36-37-56(3,4)51-38-47(34-35-50(51)55)57(43-14-7-5-8-15-43)45-30-26-41(27-31-45)39-22-24-40(25-23-39)42-28-32-46(33-29-42)58(44-16-9-6-10-17-44)52-20-13-19-49-48-18-11-12-21-53(48)59-54(49)52/h5-35,38H,36-37H2,1-4H3. The number of anilines is 6. The zero-order chi connectivity index (χ0) is 40.1. The summed E-state index contributed by atoms with van der Waals surface area (Å²) in [4.78, 5) is 4.68. The summed E-state index contributed by atoms with van der Waals surface area (Å²) in [7, 11) is 0. The van der Waals surface area contributed by atoms with Gasteiger partial charge in [0.1, 0.15) is 5.58 Å². The molecule has 0 aliphatic heterocycles. The summed E-state index contributed by atoms with van der Waals surface area (Å²) in [6, 6.07) is 69.9. The normalized spacial score (nSPS) is 14.2. The van der Waals surface area contributed by atoms with Gasteiger partial charge in [-0.15, -0.1) is 0 Å². The molecule has 0 bridgehead atoms. The second-order valence-electron chi connectivity index (χ2n) is 17.3. The van der Waals surface area contributed by atoms with Crippen LogP contribution >= 0.6 is 0 Å². The van der Waals surface area contributed by atoms with Crippen molar-refractivity contribution in [3.05, 3.63) is 205 Å². The average Bonchev–Trinajstić information content (AvgIpc) is 3.67. The van der Waals surface area contributed by atoms with Crippen molar-refractivity contribution in [3.63, 3.8) is 0 Å². The topological polar surface area (TPSA) is 19.6 Å². The largest absolute Gasteiger partial charge is 0.454 e. The van der Waals surface area contributed by atoms with Crippen molar-refractivity contribution in [2.24, 2.45) is 0 Å². The number of furan rings is 1. The molecule has 59 heavy (non-hydrogen) atoms. The Balaban J connectivity index is 0.935. The third kappa shape index (κ3) is 6.67. The zero-order valence-electron chi connectivity index (χ0n) is 34.2. The van der Waals surface area contributed by atoms with Crippen LogP contribution in [-0.4, -0.2) is 0 Å². The van der Waals surface area contributed by atoms with Crippen molar-refractivity contribution in [3.8, 4) is 22.3 Å². The molecule has 8 aromatic carbocycles. The van der Waals surface area contributed by atoms with Crippen LogP contribution in [0.4, 0.5) is 34.1 Å². The summed E-state index contributed by atoms with van der Waals surface area (Å²) < 4.78 is 6.49. The second kappa shape index (κ2) is 14.5. The van der Waals surface area contributed by atoms with Crippen LogP contribution in [0, 0.1) is 0 Å². The lowest BCUT2D eigenvalue weighted by molar-refractivity contribution is 0.332. The molecule has 1 aromatic heterocycles. The van der Waals surface area contributed by atoms with Gasteiger partial charge in [0.15, 0.2) is 5.58 Å². The highest BCUT2D eigenvalue weighted by Gasteiger charge is 2.37. The average molecular weight is 765 g/mol. The summed E-state index contributed by atoms with van der Waals surface area (Å²) in [5.41, 5.74) is 16.4. The van der Waals surface area contributed by atoms with Crippen molar-refractivity contribution in [2.75, 3.05) is 9.80 Å². The second-order valence-corrected chi connectivity index (χ2v) is 17.3. The third-order valence-corrected chi connectivity index (χ3v) is 12.6. The molecule has 0 N–H and O–H groups in total. The maximum atomic E-state index is 6.49. The van der Waals surface area contributed by atoms with Crippen LogP contribution in [0.15, 0.2) is 199 Å². The first-order valence-electron chi connectivity index (χ1n) is 20.8. The first kappa shape index (κ1) is 36.5. The Kier molecular flexibility index (Phi) is 8.98. The Morgan fingerprint density at radius 2 is 0.814 bits per heavy atom. The van der Waals surface area contributed by atoms with Crippen molar-refractivity contribution in [1.29, 1.82) is 0 Å². The first-order valence-corrected chi connectivity index (χ1v) is 20.8. The van der Waals surface area contributed by atoms with Crippen molar-refractivity contribution in [1.82, 2.24) is 0 Å². The van der Waals surface area contributed by atoms with Crippen LogP contribution in [0.25, 0.3) is 44.2 Å². The summed E-state index contributed by atoms with van der Waals surface area (Å²) >= 11 is 0. The van der Waals surface area contributed by atoms with Gasteiger partial charge in [0.05, 0.1) is 5.69 Å². The maximum Gasteiger partial charge on any atom is 0.159 e. The number of benzene rings is 8. The summed E-state index contributed by atoms with van der Waals surface area (Å²) in [5, 5.41) is 2.24. The molecule has 0 fully saturated rings. The highest BCUT2D eigenvalue weighted by molar-refractivity contribution is 6.10. The van der Waals surface area contributed by atoms with E-state index in [0.29, 0.717) is 0 Å². The van der Waals surface area contributed by atoms with E-state index in [4.69, 9.17) is 4.42 Å². The number of hydrogen-bond donors (Lipinski definition) is 0. The highest BCUT2D eigenvalue weighted by atomic mass is 16.3. The van der Waals surface area contributed by atoms with Gasteiger partial charge in [-0.25, -0.2) is 0 Å². The molecule has 3 heteroatoms. The van der Waals surface area contributed by atoms with E-state index in [1.54, 1.807) is 0 Å². The summed E-state index contributed by atoms with van der Waals surface area (Å²) in [6.07, 6.45) is 2.40. The van der Waals surface area contributed by atoms with E-state index in [0.717, 1.165) is 50.4 Å². The van der Waals surface area contributed by atoms with E-state index in [9.17, 15) is 0 Å². The number of nitrogens with zero attached hydrogens (tertiary/aromatic N) is 2. The number of hydrogen-bond acceptors (Lipinski definition) is 3. The smallest absolute Gasteiger partial charge is 0.159 e. The van der Waals surface area contributed by atoms with E-state index < -0.39 is 0 Å². The van der Waals surface area contributed by atoms with Gasteiger partial charge in [-0.2, -0.15) is 0 Å². The molecule has 288 valence electrons. The molecule has 3 nitrogen and oxygen atoms in total. The lowest BCUT2D eigenvalue weighted by Gasteiger charge is -2.42. The van der Waals surface area contributed by atoms with Crippen molar-refractivity contribution < 1.29 is 4.42 Å². The fourth-order valence-corrected chi connectivity index (χ4v) is 9.11. The predicted molar refractivity (Wildman–Crippen MR) is 249 cm³/mol. The first-order chi connectivity index (χ1) is 28.7. The fraction of sp³-hybridized carbons (Fsp3) is 0.143.